The van der Waals surface area contributed by atoms with Crippen molar-refractivity contribution in [2.45, 2.75) is 33.2 Å². The number of nitrogens with one attached hydrogen (secondary N) is 2. The number of primary amides is 1. The number of nitrogens with two attached hydrogens (primary N) is 1. The molecule has 0 fully saturated rings. The summed E-state index contributed by atoms with van der Waals surface area (Å²) in [4.78, 5) is 59.6. The van der Waals surface area contributed by atoms with E-state index in [1.165, 1.54) is 31.2 Å². The fourth-order valence-electron chi connectivity index (χ4n) is 2.49. The lowest BCUT2D eigenvalue weighted by atomic mass is 9.95. The van der Waals surface area contributed by atoms with E-state index in [9.17, 15) is 24.0 Å². The third kappa shape index (κ3) is 7.60. The first-order valence-corrected chi connectivity index (χ1v) is 8.99. The second kappa shape index (κ2) is 11.4. The maximum absolute atomic E-state index is 12.5. The van der Waals surface area contributed by atoms with Crippen LogP contribution in [0.4, 0.5) is 5.69 Å². The molecule has 10 nitrogen and oxygen atoms in total. The Morgan fingerprint density at radius 3 is 2.07 bits per heavy atom. The van der Waals surface area contributed by atoms with E-state index in [1.54, 1.807) is 13.8 Å². The van der Waals surface area contributed by atoms with Crippen molar-refractivity contribution in [1.82, 2.24) is 5.32 Å². The van der Waals surface area contributed by atoms with Crippen LogP contribution < -0.4 is 16.4 Å². The summed E-state index contributed by atoms with van der Waals surface area (Å²) >= 11 is 0. The standard InChI is InChI=1S/C19H25N3O7/c1-4-28-15(24)10-14(19(27)29-5-2)16(17(20)25)22-18(26)12-6-8-13(9-7-12)21-11(3)23/h6-9,14,16H,4-5,10H2,1-3H3,(H2,20,25)(H,21,23)(H,22,26)/t14-,16-/m0/s1. The zero-order valence-corrected chi connectivity index (χ0v) is 16.5. The van der Waals surface area contributed by atoms with Crippen LogP contribution in [0.1, 0.15) is 37.6 Å². The quantitative estimate of drug-likeness (QED) is 0.473. The van der Waals surface area contributed by atoms with Gasteiger partial charge in [0, 0.05) is 18.2 Å². The van der Waals surface area contributed by atoms with Gasteiger partial charge in [-0.05, 0) is 38.1 Å². The summed E-state index contributed by atoms with van der Waals surface area (Å²) in [6.07, 6.45) is -0.484. The number of esters is 2. The second-order valence-corrected chi connectivity index (χ2v) is 5.98. The third-order valence-electron chi connectivity index (χ3n) is 3.74. The van der Waals surface area contributed by atoms with Gasteiger partial charge in [0.05, 0.1) is 25.6 Å². The Bertz CT molecular complexity index is 762. The van der Waals surface area contributed by atoms with E-state index in [2.05, 4.69) is 10.6 Å². The molecule has 3 amide bonds. The van der Waals surface area contributed by atoms with Crippen molar-refractivity contribution in [2.75, 3.05) is 18.5 Å². The van der Waals surface area contributed by atoms with Crippen molar-refractivity contribution in [1.29, 1.82) is 0 Å². The van der Waals surface area contributed by atoms with Gasteiger partial charge in [-0.1, -0.05) is 0 Å². The molecule has 0 heterocycles. The number of carbonyl (C=O) groups is 5. The average molecular weight is 407 g/mol. The summed E-state index contributed by atoms with van der Waals surface area (Å²) in [5.41, 5.74) is 6.00. The summed E-state index contributed by atoms with van der Waals surface area (Å²) in [5.74, 6) is -4.89. The first kappa shape index (κ1) is 23.6. The number of rotatable bonds is 10. The molecule has 1 rings (SSSR count). The molecule has 0 bridgehead atoms. The Balaban J connectivity index is 3.03. The van der Waals surface area contributed by atoms with Crippen molar-refractivity contribution >= 4 is 35.3 Å². The van der Waals surface area contributed by atoms with Crippen molar-refractivity contribution < 1.29 is 33.4 Å². The van der Waals surface area contributed by atoms with Crippen LogP contribution in [0.5, 0.6) is 0 Å². The lowest BCUT2D eigenvalue weighted by molar-refractivity contribution is -0.156. The van der Waals surface area contributed by atoms with Crippen LogP contribution in [0.25, 0.3) is 0 Å². The number of amides is 3. The van der Waals surface area contributed by atoms with Crippen molar-refractivity contribution in [3.63, 3.8) is 0 Å². The normalized spacial score (nSPS) is 12.2. The Morgan fingerprint density at radius 2 is 1.59 bits per heavy atom. The number of hydrogen-bond donors (Lipinski definition) is 3. The predicted molar refractivity (Wildman–Crippen MR) is 103 cm³/mol. The minimum Gasteiger partial charge on any atom is -0.466 e. The highest BCUT2D eigenvalue weighted by atomic mass is 16.5. The van der Waals surface area contributed by atoms with Gasteiger partial charge >= 0.3 is 11.9 Å². The fraction of sp³-hybridized carbons (Fsp3) is 0.421. The van der Waals surface area contributed by atoms with Crippen LogP contribution in [-0.2, 0) is 28.7 Å². The van der Waals surface area contributed by atoms with Crippen molar-refractivity contribution in [3.8, 4) is 0 Å². The number of benzene rings is 1. The number of anilines is 1. The highest BCUT2D eigenvalue weighted by Crippen LogP contribution is 2.15. The first-order valence-electron chi connectivity index (χ1n) is 8.99. The van der Waals surface area contributed by atoms with E-state index in [1.807, 2.05) is 0 Å². The van der Waals surface area contributed by atoms with Crippen LogP contribution in [0.3, 0.4) is 0 Å². The van der Waals surface area contributed by atoms with Crippen LogP contribution in [0, 0.1) is 5.92 Å². The lowest BCUT2D eigenvalue weighted by Gasteiger charge is -2.23. The molecule has 2 atom stereocenters. The summed E-state index contributed by atoms with van der Waals surface area (Å²) in [6, 6.07) is 4.35. The topological polar surface area (TPSA) is 154 Å². The van der Waals surface area contributed by atoms with Gasteiger partial charge in [0.2, 0.25) is 11.8 Å². The number of carbonyl (C=O) groups excluding carboxylic acids is 5. The Labute approximate surface area is 168 Å². The molecule has 0 unspecified atom stereocenters. The van der Waals surface area contributed by atoms with E-state index >= 15 is 0 Å². The van der Waals surface area contributed by atoms with E-state index in [0.29, 0.717) is 5.69 Å². The van der Waals surface area contributed by atoms with Gasteiger partial charge in [-0.15, -0.1) is 0 Å². The van der Waals surface area contributed by atoms with Gasteiger partial charge in [0.15, 0.2) is 0 Å². The molecular weight excluding hydrogens is 382 g/mol. The van der Waals surface area contributed by atoms with Gasteiger partial charge in [-0.2, -0.15) is 0 Å². The average Bonchev–Trinajstić information content (AvgIpc) is 2.64. The molecule has 4 N–H and O–H groups in total. The first-order chi connectivity index (χ1) is 13.7. The molecule has 0 saturated carbocycles. The van der Waals surface area contributed by atoms with Gasteiger partial charge in [0.25, 0.3) is 5.91 Å². The molecule has 0 aliphatic carbocycles. The summed E-state index contributed by atoms with van der Waals surface area (Å²) in [6.45, 7) is 4.60. The monoisotopic (exact) mass is 407 g/mol. The molecule has 10 heteroatoms. The zero-order valence-electron chi connectivity index (χ0n) is 16.5. The van der Waals surface area contributed by atoms with Crippen molar-refractivity contribution in [2.24, 2.45) is 11.7 Å². The largest absolute Gasteiger partial charge is 0.466 e. The molecule has 0 spiro atoms. The number of hydrogen-bond acceptors (Lipinski definition) is 7. The third-order valence-corrected chi connectivity index (χ3v) is 3.74. The predicted octanol–water partition coefficient (Wildman–Crippen LogP) is 0.361. The van der Waals surface area contributed by atoms with Crippen LogP contribution >= 0.6 is 0 Å². The van der Waals surface area contributed by atoms with Gasteiger partial charge < -0.3 is 25.8 Å². The van der Waals surface area contributed by atoms with E-state index < -0.39 is 42.1 Å². The second-order valence-electron chi connectivity index (χ2n) is 5.98. The molecule has 1 aromatic rings. The molecule has 0 saturated heterocycles. The Morgan fingerprint density at radius 1 is 1.00 bits per heavy atom. The van der Waals surface area contributed by atoms with Crippen LogP contribution in [0.15, 0.2) is 24.3 Å². The van der Waals surface area contributed by atoms with Crippen LogP contribution in [-0.4, -0.2) is 48.9 Å². The molecule has 158 valence electrons. The molecule has 0 aromatic heterocycles. The maximum atomic E-state index is 12.5. The smallest absolute Gasteiger partial charge is 0.312 e. The minimum absolute atomic E-state index is 0.0161. The fourth-order valence-corrected chi connectivity index (χ4v) is 2.49. The molecule has 1 aromatic carbocycles. The SMILES string of the molecule is CCOC(=O)C[C@H](C(=O)OCC)[C@H](NC(=O)c1ccc(NC(C)=O)cc1)C(N)=O. The van der Waals surface area contributed by atoms with Gasteiger partial charge in [-0.25, -0.2) is 0 Å². The molecular formula is C19H25N3O7. The highest BCUT2D eigenvalue weighted by molar-refractivity contribution is 5.99. The lowest BCUT2D eigenvalue weighted by Crippen LogP contribution is -2.52. The molecule has 0 radical (unpaired) electrons. The minimum atomic E-state index is -1.49. The maximum Gasteiger partial charge on any atom is 0.312 e. The molecule has 0 aliphatic heterocycles. The molecule has 0 aliphatic rings. The zero-order chi connectivity index (χ0) is 22.0. The summed E-state index contributed by atoms with van der Waals surface area (Å²) < 4.78 is 9.73. The van der Waals surface area contributed by atoms with Gasteiger partial charge in [0.1, 0.15) is 6.04 Å². The highest BCUT2D eigenvalue weighted by Gasteiger charge is 2.37. The Hall–Kier alpha value is -3.43. The number of ether oxygens (including phenoxy) is 2. The van der Waals surface area contributed by atoms with E-state index in [4.69, 9.17) is 15.2 Å². The van der Waals surface area contributed by atoms with Crippen LogP contribution in [0.2, 0.25) is 0 Å². The Kier molecular flexibility index (Phi) is 9.30. The van der Waals surface area contributed by atoms with Gasteiger partial charge in [-0.3, -0.25) is 24.0 Å². The summed E-state index contributed by atoms with van der Waals surface area (Å²) in [7, 11) is 0. The summed E-state index contributed by atoms with van der Waals surface area (Å²) in [5, 5.41) is 4.92. The van der Waals surface area contributed by atoms with Crippen molar-refractivity contribution in [3.05, 3.63) is 29.8 Å². The molecule has 29 heavy (non-hydrogen) atoms. The van der Waals surface area contributed by atoms with E-state index in [-0.39, 0.29) is 24.7 Å². The van der Waals surface area contributed by atoms with E-state index in [0.717, 1.165) is 0 Å².